The number of thioether (sulfide) groups is 1. The molecule has 0 radical (unpaired) electrons. The average Bonchev–Trinajstić information content (AvgIpc) is 3.23. The van der Waals surface area contributed by atoms with Gasteiger partial charge in [0.1, 0.15) is 5.76 Å². The molecule has 2 aromatic heterocycles. The maximum atomic E-state index is 12.7. The Kier molecular flexibility index (Phi) is 5.35. The lowest BCUT2D eigenvalue weighted by molar-refractivity contribution is -0.127. The van der Waals surface area contributed by atoms with E-state index < -0.39 is 0 Å². The number of carbonyl (C=O) groups is 1. The van der Waals surface area contributed by atoms with Crippen molar-refractivity contribution in [3.63, 3.8) is 0 Å². The fraction of sp³-hybridized carbons (Fsp3) is 0.400. The van der Waals surface area contributed by atoms with E-state index in [1.165, 1.54) is 29.5 Å². The summed E-state index contributed by atoms with van der Waals surface area (Å²) in [6.07, 6.45) is 8.06. The lowest BCUT2D eigenvalue weighted by atomic mass is 10.0. The SMILES string of the molecule is Nc1nnc(SCC(=O)N(Cc2ccco2)C2=CCCCC2)s1. The molecule has 0 fully saturated rings. The van der Waals surface area contributed by atoms with Crippen LogP contribution in [0.3, 0.4) is 0 Å². The van der Waals surface area contributed by atoms with Gasteiger partial charge < -0.3 is 15.1 Å². The number of amides is 1. The normalized spacial score (nSPS) is 14.5. The van der Waals surface area contributed by atoms with Gasteiger partial charge in [-0.2, -0.15) is 0 Å². The fourth-order valence-corrected chi connectivity index (χ4v) is 3.97. The van der Waals surface area contributed by atoms with Crippen molar-refractivity contribution in [1.82, 2.24) is 15.1 Å². The lowest BCUT2D eigenvalue weighted by Crippen LogP contribution is -2.32. The lowest BCUT2D eigenvalue weighted by Gasteiger charge is -2.26. The summed E-state index contributed by atoms with van der Waals surface area (Å²) in [4.78, 5) is 14.5. The van der Waals surface area contributed by atoms with E-state index in [0.29, 0.717) is 21.8 Å². The predicted molar refractivity (Wildman–Crippen MR) is 90.9 cm³/mol. The molecule has 1 amide bonds. The van der Waals surface area contributed by atoms with Crippen molar-refractivity contribution >= 4 is 34.1 Å². The Morgan fingerprint density at radius 2 is 2.35 bits per heavy atom. The van der Waals surface area contributed by atoms with Crippen LogP contribution in [0.25, 0.3) is 0 Å². The zero-order valence-electron chi connectivity index (χ0n) is 12.6. The third-order valence-corrected chi connectivity index (χ3v) is 5.42. The number of carbonyl (C=O) groups excluding carboxylic acids is 1. The number of allylic oxidation sites excluding steroid dienone is 2. The summed E-state index contributed by atoms with van der Waals surface area (Å²) in [5, 5.41) is 8.12. The van der Waals surface area contributed by atoms with Gasteiger partial charge in [-0.05, 0) is 37.8 Å². The minimum absolute atomic E-state index is 0.0494. The van der Waals surface area contributed by atoms with Crippen molar-refractivity contribution < 1.29 is 9.21 Å². The molecule has 2 heterocycles. The first-order chi connectivity index (χ1) is 11.2. The van der Waals surface area contributed by atoms with Crippen LogP contribution in [0.2, 0.25) is 0 Å². The van der Waals surface area contributed by atoms with Crippen LogP contribution >= 0.6 is 23.1 Å². The van der Waals surface area contributed by atoms with E-state index in [0.717, 1.165) is 30.7 Å². The molecular weight excluding hydrogens is 332 g/mol. The van der Waals surface area contributed by atoms with Crippen molar-refractivity contribution in [2.45, 2.75) is 36.6 Å². The molecule has 0 saturated carbocycles. The second-order valence-electron chi connectivity index (χ2n) is 5.20. The molecule has 8 heteroatoms. The number of nitrogen functional groups attached to an aromatic ring is 1. The molecule has 0 spiro atoms. The van der Waals surface area contributed by atoms with Gasteiger partial charge in [0.15, 0.2) is 4.34 Å². The van der Waals surface area contributed by atoms with Crippen LogP contribution in [-0.4, -0.2) is 26.8 Å². The molecular formula is C15H18N4O2S2. The average molecular weight is 350 g/mol. The Morgan fingerprint density at radius 3 is 3.00 bits per heavy atom. The van der Waals surface area contributed by atoms with Gasteiger partial charge in [0, 0.05) is 5.70 Å². The fourth-order valence-electron chi connectivity index (χ4n) is 2.45. The number of nitrogens with zero attached hydrogens (tertiary/aromatic N) is 3. The first-order valence-electron chi connectivity index (χ1n) is 7.46. The van der Waals surface area contributed by atoms with E-state index in [2.05, 4.69) is 16.3 Å². The maximum absolute atomic E-state index is 12.7. The van der Waals surface area contributed by atoms with Crippen LogP contribution < -0.4 is 5.73 Å². The molecule has 0 saturated heterocycles. The molecule has 2 aromatic rings. The minimum atomic E-state index is 0.0494. The molecule has 2 N–H and O–H groups in total. The molecule has 0 atom stereocenters. The summed E-state index contributed by atoms with van der Waals surface area (Å²) in [6, 6.07) is 3.73. The van der Waals surface area contributed by atoms with Crippen molar-refractivity contribution in [3.05, 3.63) is 35.9 Å². The number of aromatic nitrogens is 2. The quantitative estimate of drug-likeness (QED) is 0.805. The number of anilines is 1. The molecule has 1 aliphatic carbocycles. The summed E-state index contributed by atoms with van der Waals surface area (Å²) in [7, 11) is 0. The number of hydrogen-bond acceptors (Lipinski definition) is 7. The topological polar surface area (TPSA) is 85.2 Å². The van der Waals surface area contributed by atoms with Gasteiger partial charge in [0.25, 0.3) is 0 Å². The molecule has 3 rings (SSSR count). The largest absolute Gasteiger partial charge is 0.467 e. The Bertz CT molecular complexity index is 681. The molecule has 0 unspecified atom stereocenters. The first kappa shape index (κ1) is 16.1. The molecule has 0 bridgehead atoms. The van der Waals surface area contributed by atoms with Gasteiger partial charge in [0.05, 0.1) is 18.6 Å². The number of nitrogens with two attached hydrogens (primary N) is 1. The van der Waals surface area contributed by atoms with E-state index in [9.17, 15) is 4.79 Å². The van der Waals surface area contributed by atoms with Gasteiger partial charge in [-0.25, -0.2) is 0 Å². The second-order valence-corrected chi connectivity index (χ2v) is 7.43. The highest BCUT2D eigenvalue weighted by molar-refractivity contribution is 8.01. The van der Waals surface area contributed by atoms with Gasteiger partial charge in [-0.15, -0.1) is 10.2 Å². The Hall–Kier alpha value is -1.80. The van der Waals surface area contributed by atoms with Gasteiger partial charge in [0.2, 0.25) is 11.0 Å². The van der Waals surface area contributed by atoms with Gasteiger partial charge in [-0.3, -0.25) is 4.79 Å². The zero-order chi connectivity index (χ0) is 16.1. The summed E-state index contributed by atoms with van der Waals surface area (Å²) in [5.41, 5.74) is 6.66. The van der Waals surface area contributed by atoms with E-state index in [-0.39, 0.29) is 5.91 Å². The van der Waals surface area contributed by atoms with Gasteiger partial charge >= 0.3 is 0 Å². The minimum Gasteiger partial charge on any atom is -0.467 e. The molecule has 0 aromatic carbocycles. The highest BCUT2D eigenvalue weighted by Crippen LogP contribution is 2.27. The predicted octanol–water partition coefficient (Wildman–Crippen LogP) is 3.29. The molecule has 6 nitrogen and oxygen atoms in total. The van der Waals surface area contributed by atoms with Crippen LogP contribution in [0, 0.1) is 0 Å². The zero-order valence-corrected chi connectivity index (χ0v) is 14.2. The Labute approximate surface area is 142 Å². The van der Waals surface area contributed by atoms with Crippen LogP contribution in [0.5, 0.6) is 0 Å². The smallest absolute Gasteiger partial charge is 0.237 e. The van der Waals surface area contributed by atoms with E-state index in [4.69, 9.17) is 10.2 Å². The second kappa shape index (κ2) is 7.65. The third-order valence-electron chi connectivity index (χ3n) is 3.55. The number of furan rings is 1. The summed E-state index contributed by atoms with van der Waals surface area (Å²) < 4.78 is 6.12. The summed E-state index contributed by atoms with van der Waals surface area (Å²) in [5.74, 6) is 1.15. The molecule has 23 heavy (non-hydrogen) atoms. The number of hydrogen-bond donors (Lipinski definition) is 1. The monoisotopic (exact) mass is 350 g/mol. The molecule has 122 valence electrons. The van der Waals surface area contributed by atoms with Crippen molar-refractivity contribution in [2.75, 3.05) is 11.5 Å². The molecule has 1 aliphatic rings. The van der Waals surface area contributed by atoms with E-state index in [1.807, 2.05) is 17.0 Å². The van der Waals surface area contributed by atoms with Gasteiger partial charge in [-0.1, -0.05) is 29.2 Å². The highest BCUT2D eigenvalue weighted by Gasteiger charge is 2.21. The summed E-state index contributed by atoms with van der Waals surface area (Å²) in [6.45, 7) is 0.469. The van der Waals surface area contributed by atoms with Crippen molar-refractivity contribution in [3.8, 4) is 0 Å². The van der Waals surface area contributed by atoms with Crippen molar-refractivity contribution in [1.29, 1.82) is 0 Å². The Balaban J connectivity index is 1.68. The number of rotatable bonds is 6. The van der Waals surface area contributed by atoms with E-state index >= 15 is 0 Å². The third kappa shape index (κ3) is 4.35. The first-order valence-corrected chi connectivity index (χ1v) is 9.26. The van der Waals surface area contributed by atoms with Crippen LogP contribution in [-0.2, 0) is 11.3 Å². The van der Waals surface area contributed by atoms with E-state index in [1.54, 1.807) is 6.26 Å². The van der Waals surface area contributed by atoms with Crippen LogP contribution in [0.1, 0.15) is 31.4 Å². The highest BCUT2D eigenvalue weighted by atomic mass is 32.2. The Morgan fingerprint density at radius 1 is 1.43 bits per heavy atom. The summed E-state index contributed by atoms with van der Waals surface area (Å²) >= 11 is 2.67. The van der Waals surface area contributed by atoms with Crippen LogP contribution in [0.15, 0.2) is 38.9 Å². The van der Waals surface area contributed by atoms with Crippen molar-refractivity contribution in [2.24, 2.45) is 0 Å². The maximum Gasteiger partial charge on any atom is 0.237 e. The van der Waals surface area contributed by atoms with Crippen LogP contribution in [0.4, 0.5) is 5.13 Å². The standard InChI is InChI=1S/C15H18N4O2S2/c16-14-17-18-15(23-14)22-10-13(20)19(9-12-7-4-8-21-12)11-5-2-1-3-6-11/h4-5,7-8H,1-3,6,9-10H2,(H2,16,17). The molecule has 0 aliphatic heterocycles.